The van der Waals surface area contributed by atoms with Gasteiger partial charge in [-0.2, -0.15) is 10.5 Å². The molecule has 6 heteroatoms. The third kappa shape index (κ3) is 2.76. The van der Waals surface area contributed by atoms with E-state index in [2.05, 4.69) is 31.2 Å². The summed E-state index contributed by atoms with van der Waals surface area (Å²) in [6.45, 7) is 2.57. The lowest BCUT2D eigenvalue weighted by atomic mass is 10.1. The third-order valence-electron chi connectivity index (χ3n) is 2.55. The van der Waals surface area contributed by atoms with Gasteiger partial charge >= 0.3 is 0 Å². The van der Waals surface area contributed by atoms with Gasteiger partial charge in [-0.25, -0.2) is 9.97 Å². The monoisotopic (exact) mass is 327 g/mol. The number of halogens is 1. The number of benzene rings is 1. The fraction of sp³-hybridized carbons (Fsp3) is 0.143. The Labute approximate surface area is 125 Å². The second-order valence-corrected chi connectivity index (χ2v) is 4.80. The summed E-state index contributed by atoms with van der Waals surface area (Å²) in [6, 6.07) is 11.3. The molecule has 0 saturated heterocycles. The predicted octanol–water partition coefficient (Wildman–Crippen LogP) is 3.08. The summed E-state index contributed by atoms with van der Waals surface area (Å²) in [4.78, 5) is 8.45. The van der Waals surface area contributed by atoms with Crippen molar-refractivity contribution in [2.75, 3.05) is 11.9 Å². The van der Waals surface area contributed by atoms with Crippen LogP contribution in [0.1, 0.15) is 18.3 Å². The van der Waals surface area contributed by atoms with Crippen molar-refractivity contribution < 1.29 is 0 Å². The van der Waals surface area contributed by atoms with Crippen LogP contribution in [0.4, 0.5) is 5.82 Å². The van der Waals surface area contributed by atoms with Crippen molar-refractivity contribution >= 4 is 21.7 Å². The zero-order valence-corrected chi connectivity index (χ0v) is 12.3. The Hall–Kier alpha value is -2.44. The molecule has 0 aliphatic rings. The van der Waals surface area contributed by atoms with Crippen LogP contribution in [0.15, 0.2) is 28.7 Å². The van der Waals surface area contributed by atoms with Gasteiger partial charge in [-0.15, -0.1) is 0 Å². The summed E-state index contributed by atoms with van der Waals surface area (Å²) in [5.41, 5.74) is 1.44. The van der Waals surface area contributed by atoms with Crippen molar-refractivity contribution in [1.82, 2.24) is 9.97 Å². The standard InChI is InChI=1S/C14H10BrN5/c1-2-18-14-13(9-4-3-5-10(15)6-9)19-11(7-16)12(8-17)20-14/h3-6H,2H2,1H3,(H,18,20). The molecule has 20 heavy (non-hydrogen) atoms. The van der Waals surface area contributed by atoms with Gasteiger partial charge in [-0.05, 0) is 19.1 Å². The van der Waals surface area contributed by atoms with Crippen LogP contribution in [0.25, 0.3) is 11.3 Å². The molecule has 98 valence electrons. The molecule has 0 aliphatic carbocycles. The van der Waals surface area contributed by atoms with E-state index in [4.69, 9.17) is 10.5 Å². The smallest absolute Gasteiger partial charge is 0.179 e. The number of aromatic nitrogens is 2. The molecule has 0 aliphatic heterocycles. The molecule has 0 atom stereocenters. The van der Waals surface area contributed by atoms with Crippen molar-refractivity contribution in [3.05, 3.63) is 40.1 Å². The molecule has 1 aromatic carbocycles. The molecule has 0 amide bonds. The summed E-state index contributed by atoms with van der Waals surface area (Å²) in [5, 5.41) is 21.1. The molecular weight excluding hydrogens is 318 g/mol. The molecule has 2 rings (SSSR count). The lowest BCUT2D eigenvalue weighted by molar-refractivity contribution is 1.09. The summed E-state index contributed by atoms with van der Waals surface area (Å²) in [7, 11) is 0. The highest BCUT2D eigenvalue weighted by Crippen LogP contribution is 2.27. The van der Waals surface area contributed by atoms with Gasteiger partial charge < -0.3 is 5.32 Å². The van der Waals surface area contributed by atoms with Crippen molar-refractivity contribution in [1.29, 1.82) is 10.5 Å². The first-order valence-corrected chi connectivity index (χ1v) is 6.71. The Bertz CT molecular complexity index is 727. The highest BCUT2D eigenvalue weighted by molar-refractivity contribution is 9.10. The molecule has 1 N–H and O–H groups in total. The van der Waals surface area contributed by atoms with E-state index in [1.807, 2.05) is 43.3 Å². The molecule has 0 spiro atoms. The van der Waals surface area contributed by atoms with Crippen LogP contribution in [0.3, 0.4) is 0 Å². The molecule has 0 fully saturated rings. The maximum atomic E-state index is 9.06. The molecule has 0 radical (unpaired) electrons. The number of anilines is 1. The first-order valence-electron chi connectivity index (χ1n) is 5.91. The second kappa shape index (κ2) is 6.14. The van der Waals surface area contributed by atoms with Crippen LogP contribution in [0.5, 0.6) is 0 Å². The second-order valence-electron chi connectivity index (χ2n) is 3.88. The quantitative estimate of drug-likeness (QED) is 0.936. The highest BCUT2D eigenvalue weighted by atomic mass is 79.9. The van der Waals surface area contributed by atoms with E-state index in [0.29, 0.717) is 18.1 Å². The normalized spacial score (nSPS) is 9.60. The van der Waals surface area contributed by atoms with Crippen LogP contribution in [-0.2, 0) is 0 Å². The number of rotatable bonds is 3. The Kier molecular flexibility index (Phi) is 4.29. The Balaban J connectivity index is 2.68. The molecule has 2 aromatic rings. The molecule has 5 nitrogen and oxygen atoms in total. The molecule has 0 bridgehead atoms. The van der Waals surface area contributed by atoms with Crippen molar-refractivity contribution in [3.63, 3.8) is 0 Å². The van der Waals surface area contributed by atoms with Crippen LogP contribution in [0.2, 0.25) is 0 Å². The van der Waals surface area contributed by atoms with Crippen molar-refractivity contribution in [2.45, 2.75) is 6.92 Å². The average molecular weight is 328 g/mol. The summed E-state index contributed by atoms with van der Waals surface area (Å²) >= 11 is 3.40. The van der Waals surface area contributed by atoms with E-state index < -0.39 is 0 Å². The van der Waals surface area contributed by atoms with Gasteiger partial charge in [0, 0.05) is 16.6 Å². The van der Waals surface area contributed by atoms with Gasteiger partial charge in [0.15, 0.2) is 17.2 Å². The first kappa shape index (κ1) is 14.0. The number of hydrogen-bond acceptors (Lipinski definition) is 5. The summed E-state index contributed by atoms with van der Waals surface area (Å²) in [5.74, 6) is 0.501. The minimum Gasteiger partial charge on any atom is -0.368 e. The Morgan fingerprint density at radius 3 is 2.50 bits per heavy atom. The van der Waals surface area contributed by atoms with E-state index in [-0.39, 0.29) is 11.4 Å². The fourth-order valence-corrected chi connectivity index (χ4v) is 2.12. The van der Waals surface area contributed by atoms with Gasteiger partial charge in [0.25, 0.3) is 0 Å². The average Bonchev–Trinajstić information content (AvgIpc) is 2.47. The Morgan fingerprint density at radius 1 is 1.20 bits per heavy atom. The first-order chi connectivity index (χ1) is 9.69. The van der Waals surface area contributed by atoms with Crippen LogP contribution in [-0.4, -0.2) is 16.5 Å². The van der Waals surface area contributed by atoms with Gasteiger partial charge in [0.2, 0.25) is 0 Å². The largest absolute Gasteiger partial charge is 0.368 e. The number of hydrogen-bond donors (Lipinski definition) is 1. The van der Waals surface area contributed by atoms with Gasteiger partial charge in [0.05, 0.1) is 0 Å². The minimum absolute atomic E-state index is 0.0298. The molecule has 0 saturated carbocycles. The zero-order chi connectivity index (χ0) is 14.5. The van der Waals surface area contributed by atoms with Gasteiger partial charge in [0.1, 0.15) is 17.8 Å². The topological polar surface area (TPSA) is 85.4 Å². The minimum atomic E-state index is 0.0298. The van der Waals surface area contributed by atoms with E-state index >= 15 is 0 Å². The van der Waals surface area contributed by atoms with Crippen molar-refractivity contribution in [3.8, 4) is 23.4 Å². The summed E-state index contributed by atoms with van der Waals surface area (Å²) < 4.78 is 0.905. The highest BCUT2D eigenvalue weighted by Gasteiger charge is 2.14. The van der Waals surface area contributed by atoms with Gasteiger partial charge in [-0.3, -0.25) is 0 Å². The van der Waals surface area contributed by atoms with Crippen LogP contribution >= 0.6 is 15.9 Å². The van der Waals surface area contributed by atoms with Gasteiger partial charge in [-0.1, -0.05) is 28.1 Å². The van der Waals surface area contributed by atoms with Crippen LogP contribution in [0, 0.1) is 22.7 Å². The SMILES string of the molecule is CCNc1nc(C#N)c(C#N)nc1-c1cccc(Br)c1. The number of nitriles is 2. The third-order valence-corrected chi connectivity index (χ3v) is 3.04. The maximum absolute atomic E-state index is 9.06. The molecular formula is C14H10BrN5. The van der Waals surface area contributed by atoms with E-state index in [1.165, 1.54) is 0 Å². The van der Waals surface area contributed by atoms with E-state index in [9.17, 15) is 0 Å². The number of nitrogens with one attached hydrogen (secondary N) is 1. The molecule has 1 aromatic heterocycles. The molecule has 1 heterocycles. The van der Waals surface area contributed by atoms with E-state index in [1.54, 1.807) is 0 Å². The van der Waals surface area contributed by atoms with E-state index in [0.717, 1.165) is 10.0 Å². The lowest BCUT2D eigenvalue weighted by Gasteiger charge is -2.10. The molecule has 0 unspecified atom stereocenters. The van der Waals surface area contributed by atoms with Crippen molar-refractivity contribution in [2.24, 2.45) is 0 Å². The Morgan fingerprint density at radius 2 is 1.90 bits per heavy atom. The maximum Gasteiger partial charge on any atom is 0.179 e. The lowest BCUT2D eigenvalue weighted by Crippen LogP contribution is -2.07. The zero-order valence-electron chi connectivity index (χ0n) is 10.7. The predicted molar refractivity (Wildman–Crippen MR) is 78.8 cm³/mol. The number of nitrogens with zero attached hydrogens (tertiary/aromatic N) is 4. The fourth-order valence-electron chi connectivity index (χ4n) is 1.72. The summed E-state index contributed by atoms with van der Waals surface area (Å²) in [6.07, 6.45) is 0. The van der Waals surface area contributed by atoms with Crippen LogP contribution < -0.4 is 5.32 Å².